The van der Waals surface area contributed by atoms with Gasteiger partial charge in [0.05, 0.1) is 18.1 Å². The molecule has 0 aromatic heterocycles. The highest BCUT2D eigenvalue weighted by atomic mass is 32.2. The molecule has 0 bridgehead atoms. The number of rotatable bonds is 4. The number of nitrogens with zero attached hydrogens (tertiary/aromatic N) is 2. The third kappa shape index (κ3) is 3.22. The molecule has 0 spiro atoms. The fourth-order valence-electron chi connectivity index (χ4n) is 3.39. The number of benzene rings is 1. The highest BCUT2D eigenvalue weighted by Gasteiger charge is 2.46. The Labute approximate surface area is 152 Å². The van der Waals surface area contributed by atoms with E-state index < -0.39 is 27.4 Å². The van der Waals surface area contributed by atoms with Crippen LogP contribution in [0, 0.1) is 0 Å². The zero-order chi connectivity index (χ0) is 18.9. The van der Waals surface area contributed by atoms with E-state index in [1.807, 2.05) is 0 Å². The number of aliphatic carboxylic acids is 1. The molecule has 0 radical (unpaired) electrons. The molecule has 1 aromatic rings. The Morgan fingerprint density at radius 1 is 1.19 bits per heavy atom. The van der Waals surface area contributed by atoms with Crippen molar-refractivity contribution in [3.8, 4) is 0 Å². The van der Waals surface area contributed by atoms with Crippen molar-refractivity contribution in [2.45, 2.75) is 30.2 Å². The quantitative estimate of drug-likeness (QED) is 0.826. The lowest BCUT2D eigenvalue weighted by molar-refractivity contribution is -0.147. The molecule has 2 aliphatic heterocycles. The van der Waals surface area contributed by atoms with Gasteiger partial charge in [-0.25, -0.2) is 13.2 Å². The first-order chi connectivity index (χ1) is 12.3. The molecule has 3 rings (SSSR count). The van der Waals surface area contributed by atoms with Crippen LogP contribution in [0.2, 0.25) is 0 Å². The molecule has 2 heterocycles. The number of ether oxygens (including phenoxy) is 1. The summed E-state index contributed by atoms with van der Waals surface area (Å²) < 4.78 is 32.1. The minimum atomic E-state index is -3.72. The first-order valence-electron chi connectivity index (χ1n) is 8.50. The van der Waals surface area contributed by atoms with Crippen LogP contribution in [0.5, 0.6) is 0 Å². The van der Waals surface area contributed by atoms with E-state index in [0.29, 0.717) is 32.6 Å². The van der Waals surface area contributed by atoms with E-state index in [-0.39, 0.29) is 23.5 Å². The van der Waals surface area contributed by atoms with Crippen LogP contribution in [-0.2, 0) is 19.6 Å². The largest absolute Gasteiger partial charge is 0.480 e. The van der Waals surface area contributed by atoms with E-state index in [0.717, 1.165) is 0 Å². The molecule has 1 N–H and O–H groups in total. The van der Waals surface area contributed by atoms with Gasteiger partial charge in [0.1, 0.15) is 5.54 Å². The number of hydrogen-bond donors (Lipinski definition) is 1. The van der Waals surface area contributed by atoms with Crippen LogP contribution in [0.1, 0.15) is 30.1 Å². The minimum absolute atomic E-state index is 0.0291. The van der Waals surface area contributed by atoms with Crippen LogP contribution in [0.4, 0.5) is 0 Å². The maximum absolute atomic E-state index is 12.9. The lowest BCUT2D eigenvalue weighted by Crippen LogP contribution is -2.50. The number of amides is 1. The summed E-state index contributed by atoms with van der Waals surface area (Å²) in [6.07, 6.45) is 0.972. The van der Waals surface area contributed by atoms with Gasteiger partial charge in [-0.3, -0.25) is 4.79 Å². The van der Waals surface area contributed by atoms with Crippen LogP contribution >= 0.6 is 0 Å². The van der Waals surface area contributed by atoms with Gasteiger partial charge in [-0.2, -0.15) is 4.31 Å². The summed E-state index contributed by atoms with van der Waals surface area (Å²) in [4.78, 5) is 25.8. The normalized spacial score (nSPS) is 24.6. The standard InChI is InChI=1S/C17H22N2O6S/c1-17(16(21)22)6-3-7-19(17)15(20)13-4-2-5-14(12-13)26(23,24)18-8-10-25-11-9-18/h2,4-5,12H,3,6-11H2,1H3,(H,21,22). The fourth-order valence-corrected chi connectivity index (χ4v) is 4.85. The predicted octanol–water partition coefficient (Wildman–Crippen LogP) is 0.787. The maximum atomic E-state index is 12.9. The Morgan fingerprint density at radius 3 is 2.54 bits per heavy atom. The number of hydrogen-bond acceptors (Lipinski definition) is 5. The van der Waals surface area contributed by atoms with Crippen LogP contribution in [0.3, 0.4) is 0 Å². The van der Waals surface area contributed by atoms with E-state index >= 15 is 0 Å². The van der Waals surface area contributed by atoms with Gasteiger partial charge in [-0.15, -0.1) is 0 Å². The molecule has 1 amide bonds. The van der Waals surface area contributed by atoms with Gasteiger partial charge in [-0.05, 0) is 38.0 Å². The molecule has 1 aromatic carbocycles. The monoisotopic (exact) mass is 382 g/mol. The third-order valence-corrected chi connectivity index (χ3v) is 6.93. The number of carboxylic acid groups (broad SMARTS) is 1. The van der Waals surface area contributed by atoms with Crippen molar-refractivity contribution in [2.75, 3.05) is 32.8 Å². The average Bonchev–Trinajstić information content (AvgIpc) is 3.05. The van der Waals surface area contributed by atoms with Crippen LogP contribution < -0.4 is 0 Å². The van der Waals surface area contributed by atoms with Gasteiger partial charge in [0.15, 0.2) is 0 Å². The number of morpholine rings is 1. The van der Waals surface area contributed by atoms with Crippen molar-refractivity contribution in [3.05, 3.63) is 29.8 Å². The molecule has 2 saturated heterocycles. The van der Waals surface area contributed by atoms with Gasteiger partial charge in [-0.1, -0.05) is 6.07 Å². The van der Waals surface area contributed by atoms with Gasteiger partial charge >= 0.3 is 5.97 Å². The highest BCUT2D eigenvalue weighted by Crippen LogP contribution is 2.31. The number of carbonyl (C=O) groups excluding carboxylic acids is 1. The summed E-state index contributed by atoms with van der Waals surface area (Å²) in [5.74, 6) is -1.52. The molecule has 0 aliphatic carbocycles. The summed E-state index contributed by atoms with van der Waals surface area (Å²) in [6, 6.07) is 5.80. The van der Waals surface area contributed by atoms with E-state index in [4.69, 9.17) is 4.74 Å². The second kappa shape index (κ2) is 6.98. The molecule has 2 fully saturated rings. The summed E-state index contributed by atoms with van der Waals surface area (Å²) in [5.41, 5.74) is -1.09. The zero-order valence-corrected chi connectivity index (χ0v) is 15.4. The van der Waals surface area contributed by atoms with Crippen molar-refractivity contribution >= 4 is 21.9 Å². The lowest BCUT2D eigenvalue weighted by Gasteiger charge is -2.31. The van der Waals surface area contributed by atoms with Gasteiger partial charge in [0.25, 0.3) is 5.91 Å². The van der Waals surface area contributed by atoms with E-state index in [2.05, 4.69) is 0 Å². The Morgan fingerprint density at radius 2 is 1.88 bits per heavy atom. The van der Waals surface area contributed by atoms with Crippen molar-refractivity contribution in [2.24, 2.45) is 0 Å². The van der Waals surface area contributed by atoms with E-state index in [1.165, 1.54) is 40.4 Å². The maximum Gasteiger partial charge on any atom is 0.329 e. The molecule has 26 heavy (non-hydrogen) atoms. The summed E-state index contributed by atoms with van der Waals surface area (Å²) >= 11 is 0. The number of likely N-dealkylation sites (tertiary alicyclic amines) is 1. The van der Waals surface area contributed by atoms with Crippen LogP contribution in [0.25, 0.3) is 0 Å². The van der Waals surface area contributed by atoms with E-state index in [1.54, 1.807) is 0 Å². The van der Waals surface area contributed by atoms with Crippen molar-refractivity contribution in [1.29, 1.82) is 0 Å². The van der Waals surface area contributed by atoms with Crippen LogP contribution in [-0.4, -0.2) is 73.0 Å². The second-order valence-corrected chi connectivity index (χ2v) is 8.62. The lowest BCUT2D eigenvalue weighted by atomic mass is 9.98. The van der Waals surface area contributed by atoms with Crippen molar-refractivity contribution < 1.29 is 27.9 Å². The molecule has 2 aliphatic rings. The topological polar surface area (TPSA) is 104 Å². The predicted molar refractivity (Wildman–Crippen MR) is 92.3 cm³/mol. The zero-order valence-electron chi connectivity index (χ0n) is 14.6. The van der Waals surface area contributed by atoms with Gasteiger partial charge in [0, 0.05) is 25.2 Å². The van der Waals surface area contributed by atoms with Gasteiger partial charge < -0.3 is 14.7 Å². The molecule has 1 unspecified atom stereocenters. The smallest absolute Gasteiger partial charge is 0.329 e. The molecule has 0 saturated carbocycles. The van der Waals surface area contributed by atoms with Gasteiger partial charge in [0.2, 0.25) is 10.0 Å². The SMILES string of the molecule is CC1(C(=O)O)CCCN1C(=O)c1cccc(S(=O)(=O)N2CCOCC2)c1. The van der Waals surface area contributed by atoms with Crippen LogP contribution in [0.15, 0.2) is 29.2 Å². The number of carboxylic acids is 1. The fraction of sp³-hybridized carbons (Fsp3) is 0.529. The molecular formula is C17H22N2O6S. The first kappa shape index (κ1) is 18.8. The Hall–Kier alpha value is -1.97. The van der Waals surface area contributed by atoms with Crippen molar-refractivity contribution in [3.63, 3.8) is 0 Å². The summed E-state index contributed by atoms with van der Waals surface area (Å²) in [6.45, 7) is 3.06. The van der Waals surface area contributed by atoms with Crippen molar-refractivity contribution in [1.82, 2.24) is 9.21 Å². The minimum Gasteiger partial charge on any atom is -0.480 e. The molecule has 1 atom stereocenters. The Bertz CT molecular complexity index is 818. The number of carbonyl (C=O) groups is 2. The molecule has 142 valence electrons. The summed E-state index contributed by atoms with van der Waals surface area (Å²) in [5, 5.41) is 9.48. The highest BCUT2D eigenvalue weighted by molar-refractivity contribution is 7.89. The Balaban J connectivity index is 1.90. The average molecular weight is 382 g/mol. The Kier molecular flexibility index (Phi) is 5.05. The number of sulfonamides is 1. The first-order valence-corrected chi connectivity index (χ1v) is 9.94. The van der Waals surface area contributed by atoms with E-state index in [9.17, 15) is 23.1 Å². The third-order valence-electron chi connectivity index (χ3n) is 5.04. The summed E-state index contributed by atoms with van der Waals surface area (Å²) in [7, 11) is -3.72. The molecule has 9 heteroatoms. The molecule has 8 nitrogen and oxygen atoms in total. The second-order valence-electron chi connectivity index (χ2n) is 6.68. The molecular weight excluding hydrogens is 360 g/mol.